The number of esters is 1. The standard InChI is InChI=1S/C12H13N3O2S3/c1-13-11(18)14-7-3-4-8-9(5-7)20-12(15-8)19-6-10(16)17-2/h3-5H,6H2,1-2H3,(H2,13,14,18). The molecular weight excluding hydrogens is 314 g/mol. The number of hydrogen-bond donors (Lipinski definition) is 2. The van der Waals surface area contributed by atoms with Crippen LogP contribution in [0.4, 0.5) is 5.69 Å². The number of carbonyl (C=O) groups excluding carboxylic acids is 1. The number of thiocarbonyl (C=S) groups is 1. The lowest BCUT2D eigenvalue weighted by Crippen LogP contribution is -2.23. The van der Waals surface area contributed by atoms with Gasteiger partial charge < -0.3 is 15.4 Å². The molecule has 1 heterocycles. The van der Waals surface area contributed by atoms with Crippen molar-refractivity contribution in [2.75, 3.05) is 25.2 Å². The first-order chi connectivity index (χ1) is 9.62. The first-order valence-corrected chi connectivity index (χ1v) is 7.92. The number of benzene rings is 1. The van der Waals surface area contributed by atoms with Gasteiger partial charge in [-0.2, -0.15) is 0 Å². The lowest BCUT2D eigenvalue weighted by molar-refractivity contribution is -0.137. The van der Waals surface area contributed by atoms with E-state index >= 15 is 0 Å². The van der Waals surface area contributed by atoms with E-state index in [2.05, 4.69) is 20.4 Å². The summed E-state index contributed by atoms with van der Waals surface area (Å²) < 4.78 is 6.50. The second-order valence-corrected chi connectivity index (χ2v) is 6.39. The molecule has 0 unspecified atom stereocenters. The number of ether oxygens (including phenoxy) is 1. The van der Waals surface area contributed by atoms with Gasteiger partial charge in [-0.15, -0.1) is 11.3 Å². The average Bonchev–Trinajstić information content (AvgIpc) is 2.86. The molecule has 0 fully saturated rings. The fourth-order valence-corrected chi connectivity index (χ4v) is 3.47. The van der Waals surface area contributed by atoms with Gasteiger partial charge in [0, 0.05) is 12.7 Å². The molecule has 0 saturated carbocycles. The van der Waals surface area contributed by atoms with E-state index in [1.54, 1.807) is 7.05 Å². The molecule has 0 atom stereocenters. The van der Waals surface area contributed by atoms with Crippen LogP contribution in [0.3, 0.4) is 0 Å². The van der Waals surface area contributed by atoms with Gasteiger partial charge in [-0.1, -0.05) is 11.8 Å². The average molecular weight is 327 g/mol. The highest BCUT2D eigenvalue weighted by Crippen LogP contribution is 2.31. The van der Waals surface area contributed by atoms with E-state index in [1.807, 2.05) is 18.2 Å². The topological polar surface area (TPSA) is 63.2 Å². The molecule has 1 aromatic heterocycles. The summed E-state index contributed by atoms with van der Waals surface area (Å²) in [6, 6.07) is 5.83. The zero-order valence-electron chi connectivity index (χ0n) is 10.9. The molecule has 2 aromatic rings. The predicted molar refractivity (Wildman–Crippen MR) is 87.6 cm³/mol. The van der Waals surface area contributed by atoms with Gasteiger partial charge in [-0.3, -0.25) is 4.79 Å². The van der Waals surface area contributed by atoms with E-state index < -0.39 is 0 Å². The van der Waals surface area contributed by atoms with Crippen molar-refractivity contribution in [1.82, 2.24) is 10.3 Å². The fraction of sp³-hybridized carbons (Fsp3) is 0.250. The van der Waals surface area contributed by atoms with Crippen LogP contribution in [0, 0.1) is 0 Å². The maximum absolute atomic E-state index is 11.1. The normalized spacial score (nSPS) is 10.3. The molecule has 0 bridgehead atoms. The Kier molecular flexibility index (Phi) is 5.16. The van der Waals surface area contributed by atoms with Crippen LogP contribution >= 0.6 is 35.3 Å². The Hall–Kier alpha value is -1.38. The molecule has 0 aliphatic rings. The summed E-state index contributed by atoms with van der Waals surface area (Å²) in [6.07, 6.45) is 0. The van der Waals surface area contributed by atoms with Gasteiger partial charge >= 0.3 is 5.97 Å². The summed E-state index contributed by atoms with van der Waals surface area (Å²) >= 11 is 7.98. The molecule has 5 nitrogen and oxygen atoms in total. The van der Waals surface area contributed by atoms with Crippen LogP contribution < -0.4 is 10.6 Å². The lowest BCUT2D eigenvalue weighted by Gasteiger charge is -2.05. The quantitative estimate of drug-likeness (QED) is 0.508. The van der Waals surface area contributed by atoms with E-state index in [9.17, 15) is 4.79 Å². The maximum atomic E-state index is 11.1. The number of rotatable bonds is 4. The Labute approximate surface area is 130 Å². The Bertz CT molecular complexity index is 642. The van der Waals surface area contributed by atoms with Crippen molar-refractivity contribution in [3.63, 3.8) is 0 Å². The summed E-state index contributed by atoms with van der Waals surface area (Å²) in [7, 11) is 3.14. The molecule has 0 saturated heterocycles. The number of hydrogen-bond acceptors (Lipinski definition) is 6. The highest BCUT2D eigenvalue weighted by Gasteiger charge is 2.08. The molecule has 0 amide bonds. The second kappa shape index (κ2) is 6.87. The number of thioether (sulfide) groups is 1. The third kappa shape index (κ3) is 3.81. The number of nitrogens with zero attached hydrogens (tertiary/aromatic N) is 1. The van der Waals surface area contributed by atoms with Crippen molar-refractivity contribution in [2.45, 2.75) is 4.34 Å². The summed E-state index contributed by atoms with van der Waals surface area (Å²) in [5, 5.41) is 6.49. The molecule has 0 spiro atoms. The lowest BCUT2D eigenvalue weighted by atomic mass is 10.3. The minimum atomic E-state index is -0.254. The van der Waals surface area contributed by atoms with E-state index in [0.29, 0.717) is 5.11 Å². The predicted octanol–water partition coefficient (Wildman–Crippen LogP) is 2.48. The molecule has 1 aromatic carbocycles. The summed E-state index contributed by atoms with van der Waals surface area (Å²) in [6.45, 7) is 0. The molecule has 106 valence electrons. The van der Waals surface area contributed by atoms with Gasteiger partial charge in [0.1, 0.15) is 0 Å². The minimum Gasteiger partial charge on any atom is -0.468 e. The van der Waals surface area contributed by atoms with Crippen molar-refractivity contribution in [3.05, 3.63) is 18.2 Å². The molecule has 0 radical (unpaired) electrons. The molecule has 0 aliphatic heterocycles. The zero-order valence-corrected chi connectivity index (χ0v) is 13.4. The molecule has 20 heavy (non-hydrogen) atoms. The van der Waals surface area contributed by atoms with Gasteiger partial charge in [0.05, 0.1) is 23.1 Å². The smallest absolute Gasteiger partial charge is 0.316 e. The van der Waals surface area contributed by atoms with Crippen LogP contribution in [0.1, 0.15) is 0 Å². The number of methoxy groups -OCH3 is 1. The monoisotopic (exact) mass is 327 g/mol. The Morgan fingerprint density at radius 3 is 3.05 bits per heavy atom. The highest BCUT2D eigenvalue weighted by atomic mass is 32.2. The molecule has 2 N–H and O–H groups in total. The fourth-order valence-electron chi connectivity index (χ4n) is 1.42. The summed E-state index contributed by atoms with van der Waals surface area (Å²) in [4.78, 5) is 15.6. The summed E-state index contributed by atoms with van der Waals surface area (Å²) in [5.41, 5.74) is 1.81. The summed E-state index contributed by atoms with van der Waals surface area (Å²) in [5.74, 6) is 0.0154. The van der Waals surface area contributed by atoms with Gasteiger partial charge in [-0.25, -0.2) is 4.98 Å². The van der Waals surface area contributed by atoms with Crippen LogP contribution in [-0.2, 0) is 9.53 Å². The second-order valence-electron chi connectivity index (χ2n) is 3.73. The minimum absolute atomic E-state index is 0.254. The third-order valence-electron chi connectivity index (χ3n) is 2.39. The molecule has 0 aliphatic carbocycles. The number of anilines is 1. The van der Waals surface area contributed by atoms with E-state index in [1.165, 1.54) is 30.2 Å². The van der Waals surface area contributed by atoms with Crippen molar-refractivity contribution in [1.29, 1.82) is 0 Å². The highest BCUT2D eigenvalue weighted by molar-refractivity contribution is 8.01. The van der Waals surface area contributed by atoms with Crippen LogP contribution in [0.15, 0.2) is 22.5 Å². The van der Waals surface area contributed by atoms with Crippen LogP contribution in [0.25, 0.3) is 10.2 Å². The zero-order chi connectivity index (χ0) is 14.5. The largest absolute Gasteiger partial charge is 0.468 e. The number of thiazole rings is 1. The van der Waals surface area contributed by atoms with Crippen LogP contribution in [0.2, 0.25) is 0 Å². The van der Waals surface area contributed by atoms with Crippen molar-refractivity contribution in [2.24, 2.45) is 0 Å². The van der Waals surface area contributed by atoms with Crippen LogP contribution in [-0.4, -0.2) is 36.0 Å². The van der Waals surface area contributed by atoms with Gasteiger partial charge in [0.25, 0.3) is 0 Å². The number of aromatic nitrogens is 1. The van der Waals surface area contributed by atoms with E-state index in [4.69, 9.17) is 12.2 Å². The first-order valence-electron chi connectivity index (χ1n) is 5.71. The van der Waals surface area contributed by atoms with Gasteiger partial charge in [0.2, 0.25) is 0 Å². The van der Waals surface area contributed by atoms with Gasteiger partial charge in [-0.05, 0) is 30.4 Å². The number of carbonyl (C=O) groups is 1. The Balaban J connectivity index is 2.13. The maximum Gasteiger partial charge on any atom is 0.316 e. The van der Waals surface area contributed by atoms with Crippen LogP contribution in [0.5, 0.6) is 0 Å². The van der Waals surface area contributed by atoms with Crippen molar-refractivity contribution in [3.8, 4) is 0 Å². The van der Waals surface area contributed by atoms with E-state index in [0.717, 1.165) is 20.2 Å². The van der Waals surface area contributed by atoms with E-state index in [-0.39, 0.29) is 11.7 Å². The molecular formula is C12H13N3O2S3. The molecule has 8 heteroatoms. The van der Waals surface area contributed by atoms with Gasteiger partial charge in [0.15, 0.2) is 9.45 Å². The first kappa shape index (κ1) is 15.0. The SMILES string of the molecule is CNC(=S)Nc1ccc2nc(SCC(=O)OC)sc2c1. The Morgan fingerprint density at radius 1 is 1.55 bits per heavy atom. The van der Waals surface area contributed by atoms with Crippen molar-refractivity contribution >= 4 is 62.3 Å². The van der Waals surface area contributed by atoms with Crippen molar-refractivity contribution < 1.29 is 9.53 Å². The molecule has 2 rings (SSSR count). The number of nitrogens with one attached hydrogen (secondary N) is 2. The number of fused-ring (bicyclic) bond motifs is 1. The third-order valence-corrected chi connectivity index (χ3v) is 4.84. The Morgan fingerprint density at radius 2 is 2.35 bits per heavy atom.